The summed E-state index contributed by atoms with van der Waals surface area (Å²) in [5.41, 5.74) is 0.135. The summed E-state index contributed by atoms with van der Waals surface area (Å²) in [6.07, 6.45) is 1.46. The molecule has 0 amide bonds. The molecule has 4 nitrogen and oxygen atoms in total. The summed E-state index contributed by atoms with van der Waals surface area (Å²) in [5, 5.41) is 0. The van der Waals surface area contributed by atoms with Gasteiger partial charge in [-0.2, -0.15) is 0 Å². The van der Waals surface area contributed by atoms with Crippen LogP contribution in [0.4, 0.5) is 0 Å². The van der Waals surface area contributed by atoms with Crippen LogP contribution in [-0.4, -0.2) is 31.7 Å². The number of halogens is 1. The van der Waals surface area contributed by atoms with Gasteiger partial charge in [-0.15, -0.1) is 0 Å². The standard InChI is InChI=1S/C9H7BBrNO3/c1-15-9(14)7(10)8(13)6-3-2-5(11)4-12-6/h2-4,7H,1H3. The molecule has 0 N–H and O–H groups in total. The van der Waals surface area contributed by atoms with E-state index in [1.54, 1.807) is 6.07 Å². The molecule has 1 atom stereocenters. The van der Waals surface area contributed by atoms with Gasteiger partial charge in [0.2, 0.25) is 0 Å². The number of ether oxygens (including phenoxy) is 1. The van der Waals surface area contributed by atoms with E-state index in [1.807, 2.05) is 0 Å². The predicted molar refractivity (Wildman–Crippen MR) is 57.8 cm³/mol. The number of methoxy groups -OCH3 is 1. The molecule has 0 aliphatic carbocycles. The molecule has 0 fully saturated rings. The van der Waals surface area contributed by atoms with Crippen molar-refractivity contribution in [2.24, 2.45) is 0 Å². The SMILES string of the molecule is [B]C(C(=O)OC)C(=O)c1ccc(Br)cn1. The molecule has 0 aromatic carbocycles. The molecule has 0 spiro atoms. The average Bonchev–Trinajstić information content (AvgIpc) is 2.27. The van der Waals surface area contributed by atoms with Crippen LogP contribution in [0.1, 0.15) is 10.5 Å². The first-order valence-corrected chi connectivity index (χ1v) is 4.84. The Morgan fingerprint density at radius 1 is 1.53 bits per heavy atom. The predicted octanol–water partition coefficient (Wildman–Crippen LogP) is 1.16. The number of rotatable bonds is 3. The Kier molecular flexibility index (Phi) is 4.02. The van der Waals surface area contributed by atoms with E-state index >= 15 is 0 Å². The summed E-state index contributed by atoms with van der Waals surface area (Å²) >= 11 is 3.18. The van der Waals surface area contributed by atoms with Gasteiger partial charge >= 0.3 is 5.97 Å². The maximum atomic E-state index is 11.6. The van der Waals surface area contributed by atoms with E-state index in [-0.39, 0.29) is 5.69 Å². The molecule has 1 aromatic heterocycles. The van der Waals surface area contributed by atoms with Crippen molar-refractivity contribution in [3.63, 3.8) is 0 Å². The summed E-state index contributed by atoms with van der Waals surface area (Å²) in [6.45, 7) is 0. The molecular weight excluding hydrogens is 261 g/mol. The minimum atomic E-state index is -1.32. The number of pyridine rings is 1. The molecule has 1 rings (SSSR count). The van der Waals surface area contributed by atoms with Crippen LogP contribution in [0.15, 0.2) is 22.8 Å². The van der Waals surface area contributed by atoms with Crippen LogP contribution in [0.2, 0.25) is 5.82 Å². The van der Waals surface area contributed by atoms with Crippen molar-refractivity contribution in [2.75, 3.05) is 7.11 Å². The van der Waals surface area contributed by atoms with E-state index in [0.717, 1.165) is 4.47 Å². The maximum absolute atomic E-state index is 11.6. The van der Waals surface area contributed by atoms with Gasteiger partial charge in [0.1, 0.15) is 5.69 Å². The van der Waals surface area contributed by atoms with Crippen LogP contribution in [0.3, 0.4) is 0 Å². The molecule has 0 aliphatic heterocycles. The largest absolute Gasteiger partial charge is 0.469 e. The molecule has 1 unspecified atom stereocenters. The number of ketones is 1. The van der Waals surface area contributed by atoms with Crippen LogP contribution in [0, 0.1) is 0 Å². The van der Waals surface area contributed by atoms with Crippen molar-refractivity contribution in [3.8, 4) is 0 Å². The maximum Gasteiger partial charge on any atom is 0.307 e. The second-order valence-electron chi connectivity index (χ2n) is 2.73. The Hall–Kier alpha value is -1.17. The Balaban J connectivity index is 2.85. The van der Waals surface area contributed by atoms with E-state index < -0.39 is 17.6 Å². The highest BCUT2D eigenvalue weighted by atomic mass is 79.9. The molecule has 0 aliphatic rings. The van der Waals surface area contributed by atoms with E-state index in [9.17, 15) is 9.59 Å². The fourth-order valence-corrected chi connectivity index (χ4v) is 1.15. The lowest BCUT2D eigenvalue weighted by atomic mass is 9.82. The molecule has 6 heteroatoms. The summed E-state index contributed by atoms with van der Waals surface area (Å²) in [7, 11) is 6.54. The number of aromatic nitrogens is 1. The number of carbonyl (C=O) groups excluding carboxylic acids is 2. The highest BCUT2D eigenvalue weighted by Crippen LogP contribution is 2.13. The van der Waals surface area contributed by atoms with Crippen LogP contribution in [-0.2, 0) is 9.53 Å². The Morgan fingerprint density at radius 2 is 2.20 bits per heavy atom. The number of esters is 1. The Labute approximate surface area is 96.6 Å². The third-order valence-corrected chi connectivity index (χ3v) is 2.19. The third-order valence-electron chi connectivity index (χ3n) is 1.72. The van der Waals surface area contributed by atoms with Crippen molar-refractivity contribution in [2.45, 2.75) is 5.82 Å². The number of Topliss-reactive ketones (excluding diaryl/α,β-unsaturated/α-hetero) is 1. The van der Waals surface area contributed by atoms with Crippen molar-refractivity contribution in [1.29, 1.82) is 0 Å². The third kappa shape index (κ3) is 2.89. The number of nitrogens with zero attached hydrogens (tertiary/aromatic N) is 1. The van der Waals surface area contributed by atoms with Gasteiger partial charge in [0.25, 0.3) is 0 Å². The molecule has 1 aromatic rings. The first-order chi connectivity index (χ1) is 7.06. The van der Waals surface area contributed by atoms with Crippen molar-refractivity contribution in [3.05, 3.63) is 28.5 Å². The first-order valence-electron chi connectivity index (χ1n) is 4.05. The molecule has 0 saturated carbocycles. The minimum Gasteiger partial charge on any atom is -0.469 e. The molecule has 1 heterocycles. The summed E-state index contributed by atoms with van der Waals surface area (Å²) in [6, 6.07) is 3.12. The zero-order valence-corrected chi connectivity index (χ0v) is 9.52. The quantitative estimate of drug-likeness (QED) is 0.357. The van der Waals surface area contributed by atoms with Crippen LogP contribution < -0.4 is 0 Å². The fraction of sp³-hybridized carbons (Fsp3) is 0.222. The molecule has 15 heavy (non-hydrogen) atoms. The lowest BCUT2D eigenvalue weighted by Crippen LogP contribution is -2.20. The second kappa shape index (κ2) is 5.07. The van der Waals surface area contributed by atoms with Gasteiger partial charge in [-0.05, 0) is 28.1 Å². The first kappa shape index (κ1) is 11.9. The van der Waals surface area contributed by atoms with E-state index in [0.29, 0.717) is 0 Å². The van der Waals surface area contributed by atoms with Crippen molar-refractivity contribution >= 4 is 35.5 Å². The van der Waals surface area contributed by atoms with Gasteiger partial charge in [0, 0.05) is 10.7 Å². The normalized spacial score (nSPS) is 11.9. The lowest BCUT2D eigenvalue weighted by molar-refractivity contribution is -0.139. The van der Waals surface area contributed by atoms with Gasteiger partial charge < -0.3 is 4.74 Å². The highest BCUT2D eigenvalue weighted by Gasteiger charge is 2.23. The fourth-order valence-electron chi connectivity index (χ4n) is 0.915. The smallest absolute Gasteiger partial charge is 0.307 e. The van der Waals surface area contributed by atoms with Crippen LogP contribution in [0.25, 0.3) is 0 Å². The Morgan fingerprint density at radius 3 is 2.67 bits per heavy atom. The minimum absolute atomic E-state index is 0.135. The van der Waals surface area contributed by atoms with Gasteiger partial charge in [0.15, 0.2) is 5.78 Å². The van der Waals surface area contributed by atoms with Crippen molar-refractivity contribution in [1.82, 2.24) is 4.98 Å². The molecule has 0 saturated heterocycles. The lowest BCUT2D eigenvalue weighted by Gasteiger charge is -2.07. The monoisotopic (exact) mass is 267 g/mol. The Bertz CT molecular complexity index is 379. The molecule has 2 radical (unpaired) electrons. The van der Waals surface area contributed by atoms with Gasteiger partial charge in [-0.1, -0.05) is 0 Å². The summed E-state index contributed by atoms with van der Waals surface area (Å²) in [4.78, 5) is 26.4. The topological polar surface area (TPSA) is 56.3 Å². The number of hydrogen-bond donors (Lipinski definition) is 0. The van der Waals surface area contributed by atoms with E-state index in [4.69, 9.17) is 7.85 Å². The van der Waals surface area contributed by atoms with Gasteiger partial charge in [-0.25, -0.2) is 0 Å². The molecular formula is C9H7BBrNO3. The molecule has 0 bridgehead atoms. The molecule has 76 valence electrons. The van der Waals surface area contributed by atoms with Gasteiger partial charge in [0.05, 0.1) is 20.8 Å². The number of hydrogen-bond acceptors (Lipinski definition) is 4. The van der Waals surface area contributed by atoms with E-state index in [2.05, 4.69) is 25.7 Å². The average molecular weight is 268 g/mol. The zero-order valence-electron chi connectivity index (χ0n) is 7.94. The van der Waals surface area contributed by atoms with Gasteiger partial charge in [-0.3, -0.25) is 14.6 Å². The second-order valence-corrected chi connectivity index (χ2v) is 3.64. The van der Waals surface area contributed by atoms with Crippen LogP contribution in [0.5, 0.6) is 0 Å². The van der Waals surface area contributed by atoms with Crippen LogP contribution >= 0.6 is 15.9 Å². The summed E-state index contributed by atoms with van der Waals surface area (Å²) < 4.78 is 5.10. The van der Waals surface area contributed by atoms with Crippen molar-refractivity contribution < 1.29 is 14.3 Å². The summed E-state index contributed by atoms with van der Waals surface area (Å²) in [5.74, 6) is -2.65. The zero-order chi connectivity index (χ0) is 11.4. The van der Waals surface area contributed by atoms with E-state index in [1.165, 1.54) is 19.4 Å². The number of carbonyl (C=O) groups is 2. The highest BCUT2D eigenvalue weighted by molar-refractivity contribution is 9.10.